The molecule has 1 N–H and O–H groups in total. The number of halogens is 3. The standard InChI is InChI=1S/C17H18Br2ClN/c1-10-6-13(7-11(2)17(10)19)16(21-3)8-12-4-5-14(18)9-15(12)20/h4-7,9,16,21H,8H2,1-3H3. The van der Waals surface area contributed by atoms with Crippen LogP contribution in [-0.2, 0) is 6.42 Å². The van der Waals surface area contributed by atoms with Gasteiger partial charge in [0.1, 0.15) is 0 Å². The predicted octanol–water partition coefficient (Wildman–Crippen LogP) is 5.99. The number of benzene rings is 2. The van der Waals surface area contributed by atoms with Gasteiger partial charge in [-0.25, -0.2) is 0 Å². The molecule has 0 aliphatic carbocycles. The first-order chi connectivity index (χ1) is 9.92. The molecule has 0 saturated heterocycles. The van der Waals surface area contributed by atoms with Gasteiger partial charge in [-0.15, -0.1) is 0 Å². The predicted molar refractivity (Wildman–Crippen MR) is 98.3 cm³/mol. The molecule has 1 unspecified atom stereocenters. The fourth-order valence-electron chi connectivity index (χ4n) is 2.47. The second-order valence-corrected chi connectivity index (χ2v) is 7.37. The fraction of sp³-hybridized carbons (Fsp3) is 0.294. The van der Waals surface area contributed by atoms with Gasteiger partial charge in [-0.3, -0.25) is 0 Å². The average molecular weight is 432 g/mol. The highest BCUT2D eigenvalue weighted by atomic mass is 79.9. The molecule has 2 aromatic carbocycles. The van der Waals surface area contributed by atoms with E-state index in [4.69, 9.17) is 11.6 Å². The Morgan fingerprint density at radius 3 is 2.24 bits per heavy atom. The Labute approximate surface area is 148 Å². The van der Waals surface area contributed by atoms with Crippen molar-refractivity contribution in [3.8, 4) is 0 Å². The molecule has 0 aromatic heterocycles. The molecule has 0 aliphatic heterocycles. The van der Waals surface area contributed by atoms with Gasteiger partial charge in [0.2, 0.25) is 0 Å². The molecule has 1 nitrogen and oxygen atoms in total. The summed E-state index contributed by atoms with van der Waals surface area (Å²) < 4.78 is 2.19. The van der Waals surface area contributed by atoms with Crippen molar-refractivity contribution in [3.05, 3.63) is 66.6 Å². The van der Waals surface area contributed by atoms with Gasteiger partial charge in [0.05, 0.1) is 0 Å². The maximum Gasteiger partial charge on any atom is 0.0449 e. The Morgan fingerprint density at radius 1 is 1.10 bits per heavy atom. The van der Waals surface area contributed by atoms with E-state index in [1.807, 2.05) is 19.2 Å². The van der Waals surface area contributed by atoms with E-state index >= 15 is 0 Å². The highest BCUT2D eigenvalue weighted by molar-refractivity contribution is 9.10. The van der Waals surface area contributed by atoms with E-state index in [1.54, 1.807) is 0 Å². The summed E-state index contributed by atoms with van der Waals surface area (Å²) in [6.07, 6.45) is 0.864. The van der Waals surface area contributed by atoms with Crippen molar-refractivity contribution in [3.63, 3.8) is 0 Å². The monoisotopic (exact) mass is 429 g/mol. The van der Waals surface area contributed by atoms with Gasteiger partial charge < -0.3 is 5.32 Å². The number of rotatable bonds is 4. The largest absolute Gasteiger partial charge is 0.313 e. The summed E-state index contributed by atoms with van der Waals surface area (Å²) in [5.41, 5.74) is 4.95. The first kappa shape index (κ1) is 17.0. The Morgan fingerprint density at radius 2 is 1.71 bits per heavy atom. The van der Waals surface area contributed by atoms with Gasteiger partial charge >= 0.3 is 0 Å². The van der Waals surface area contributed by atoms with Gasteiger partial charge in [0, 0.05) is 20.0 Å². The summed E-state index contributed by atoms with van der Waals surface area (Å²) in [7, 11) is 1.99. The molecule has 0 bridgehead atoms. The molecular formula is C17H18Br2ClN. The minimum Gasteiger partial charge on any atom is -0.313 e. The van der Waals surface area contributed by atoms with Gasteiger partial charge in [0.15, 0.2) is 0 Å². The van der Waals surface area contributed by atoms with E-state index in [-0.39, 0.29) is 6.04 Å². The summed E-state index contributed by atoms with van der Waals surface area (Å²) in [4.78, 5) is 0. The van der Waals surface area contributed by atoms with Crippen molar-refractivity contribution >= 4 is 43.5 Å². The number of hydrogen-bond acceptors (Lipinski definition) is 1. The van der Waals surface area contributed by atoms with Crippen LogP contribution in [0.1, 0.15) is 28.3 Å². The minimum absolute atomic E-state index is 0.245. The minimum atomic E-state index is 0.245. The summed E-state index contributed by atoms with van der Waals surface area (Å²) in [6, 6.07) is 10.8. The second-order valence-electron chi connectivity index (χ2n) is 5.25. The summed E-state index contributed by atoms with van der Waals surface area (Å²) >= 11 is 13.4. The average Bonchev–Trinajstić information content (AvgIpc) is 2.43. The molecule has 21 heavy (non-hydrogen) atoms. The highest BCUT2D eigenvalue weighted by Crippen LogP contribution is 2.29. The molecule has 0 amide bonds. The van der Waals surface area contributed by atoms with E-state index in [2.05, 4.69) is 69.2 Å². The third-order valence-electron chi connectivity index (χ3n) is 3.65. The van der Waals surface area contributed by atoms with Crippen molar-refractivity contribution in [2.24, 2.45) is 0 Å². The molecule has 0 spiro atoms. The maximum absolute atomic E-state index is 6.34. The number of likely N-dealkylation sites (N-methyl/N-ethyl adjacent to an activating group) is 1. The molecule has 1 atom stereocenters. The molecular weight excluding hydrogens is 413 g/mol. The first-order valence-corrected chi connectivity index (χ1v) is 8.76. The second kappa shape index (κ2) is 7.28. The van der Waals surface area contributed by atoms with Crippen LogP contribution < -0.4 is 5.32 Å². The van der Waals surface area contributed by atoms with Gasteiger partial charge in [-0.05, 0) is 61.7 Å². The first-order valence-electron chi connectivity index (χ1n) is 6.80. The number of hydrogen-bond donors (Lipinski definition) is 1. The molecule has 0 heterocycles. The van der Waals surface area contributed by atoms with Gasteiger partial charge in [0.25, 0.3) is 0 Å². The molecule has 0 saturated carbocycles. The Hall–Kier alpha value is -0.350. The molecule has 0 radical (unpaired) electrons. The van der Waals surface area contributed by atoms with Crippen LogP contribution in [0.3, 0.4) is 0 Å². The highest BCUT2D eigenvalue weighted by Gasteiger charge is 2.14. The maximum atomic E-state index is 6.34. The van der Waals surface area contributed by atoms with E-state index in [9.17, 15) is 0 Å². The van der Waals surface area contributed by atoms with Gasteiger partial charge in [-0.2, -0.15) is 0 Å². The summed E-state index contributed by atoms with van der Waals surface area (Å²) in [6.45, 7) is 4.25. The molecule has 112 valence electrons. The van der Waals surface area contributed by atoms with Crippen molar-refractivity contribution in [1.82, 2.24) is 5.32 Å². The third kappa shape index (κ3) is 4.10. The summed E-state index contributed by atoms with van der Waals surface area (Å²) in [5, 5.41) is 4.20. The topological polar surface area (TPSA) is 12.0 Å². The normalized spacial score (nSPS) is 12.5. The Bertz CT molecular complexity index is 632. The van der Waals surface area contributed by atoms with Crippen LogP contribution in [0.25, 0.3) is 0 Å². The lowest BCUT2D eigenvalue weighted by Crippen LogP contribution is -2.19. The lowest BCUT2D eigenvalue weighted by atomic mass is 9.96. The lowest BCUT2D eigenvalue weighted by molar-refractivity contribution is 0.591. The lowest BCUT2D eigenvalue weighted by Gasteiger charge is -2.19. The SMILES string of the molecule is CNC(Cc1ccc(Br)cc1Cl)c1cc(C)c(Br)c(C)c1. The molecule has 2 aromatic rings. The quantitative estimate of drug-likeness (QED) is 0.627. The Balaban J connectivity index is 2.32. The van der Waals surface area contributed by atoms with Crippen LogP contribution in [-0.4, -0.2) is 7.05 Å². The zero-order valence-electron chi connectivity index (χ0n) is 12.3. The van der Waals surface area contributed by atoms with Gasteiger partial charge in [-0.1, -0.05) is 61.7 Å². The Kier molecular flexibility index (Phi) is 5.89. The fourth-order valence-corrected chi connectivity index (χ4v) is 3.45. The van der Waals surface area contributed by atoms with E-state index < -0.39 is 0 Å². The summed E-state index contributed by atoms with van der Waals surface area (Å²) in [5.74, 6) is 0. The smallest absolute Gasteiger partial charge is 0.0449 e. The van der Waals surface area contributed by atoms with E-state index in [1.165, 1.54) is 21.2 Å². The molecule has 0 aliphatic rings. The van der Waals surface area contributed by atoms with Crippen molar-refractivity contribution in [1.29, 1.82) is 0 Å². The van der Waals surface area contributed by atoms with Crippen LogP contribution in [0, 0.1) is 13.8 Å². The third-order valence-corrected chi connectivity index (χ3v) is 5.74. The van der Waals surface area contributed by atoms with Crippen LogP contribution >= 0.6 is 43.5 Å². The van der Waals surface area contributed by atoms with E-state index in [0.29, 0.717) is 0 Å². The van der Waals surface area contributed by atoms with Crippen LogP contribution in [0.4, 0.5) is 0 Å². The molecule has 0 fully saturated rings. The molecule has 4 heteroatoms. The van der Waals surface area contributed by atoms with Crippen LogP contribution in [0.5, 0.6) is 0 Å². The van der Waals surface area contributed by atoms with Crippen molar-refractivity contribution < 1.29 is 0 Å². The molecule has 2 rings (SSSR count). The van der Waals surface area contributed by atoms with E-state index in [0.717, 1.165) is 21.5 Å². The van der Waals surface area contributed by atoms with Crippen LogP contribution in [0.2, 0.25) is 5.02 Å². The van der Waals surface area contributed by atoms with Crippen LogP contribution in [0.15, 0.2) is 39.3 Å². The van der Waals surface area contributed by atoms with Crippen molar-refractivity contribution in [2.45, 2.75) is 26.3 Å². The number of aryl methyl sites for hydroxylation is 2. The number of nitrogens with one attached hydrogen (secondary N) is 1. The zero-order valence-corrected chi connectivity index (χ0v) is 16.2. The zero-order chi connectivity index (χ0) is 15.6. The van der Waals surface area contributed by atoms with Crippen molar-refractivity contribution in [2.75, 3.05) is 7.05 Å².